The van der Waals surface area contributed by atoms with Crippen LogP contribution in [-0.4, -0.2) is 43.8 Å². The summed E-state index contributed by atoms with van der Waals surface area (Å²) in [4.78, 5) is 27.9. The molecule has 3 rings (SSSR count). The molecule has 0 bridgehead atoms. The molecule has 12 heteroatoms. The number of alkyl halides is 3. The van der Waals surface area contributed by atoms with Crippen molar-refractivity contribution in [3.05, 3.63) is 95.0 Å². The normalized spacial score (nSPS) is 13.2. The average Bonchev–Trinajstić information content (AvgIpc) is 2.94. The van der Waals surface area contributed by atoms with Gasteiger partial charge in [-0.25, -0.2) is 8.42 Å². The quantitative estimate of drug-likeness (QED) is 0.294. The summed E-state index contributed by atoms with van der Waals surface area (Å²) in [7, 11) is -4.52. The Balaban J connectivity index is 2.09. The van der Waals surface area contributed by atoms with Crippen molar-refractivity contribution >= 4 is 39.1 Å². The summed E-state index contributed by atoms with van der Waals surface area (Å²) in [5.41, 5.74) is -0.984. The molecule has 0 saturated heterocycles. The molecule has 3 aromatic rings. The third kappa shape index (κ3) is 8.01. The van der Waals surface area contributed by atoms with Crippen LogP contribution >= 0.6 is 11.6 Å². The van der Waals surface area contributed by atoms with Gasteiger partial charge in [-0.3, -0.25) is 13.9 Å². The number of carbonyl (C=O) groups is 2. The molecule has 0 unspecified atom stereocenters. The molecule has 0 radical (unpaired) electrons. The first kappa shape index (κ1) is 32.0. The highest BCUT2D eigenvalue weighted by molar-refractivity contribution is 7.92. The van der Waals surface area contributed by atoms with Crippen LogP contribution in [-0.2, 0) is 32.3 Å². The van der Waals surface area contributed by atoms with E-state index in [0.29, 0.717) is 22.4 Å². The number of anilines is 1. The molecule has 0 spiro atoms. The number of amides is 2. The molecule has 0 heterocycles. The van der Waals surface area contributed by atoms with E-state index >= 15 is 0 Å². The molecule has 2 amide bonds. The van der Waals surface area contributed by atoms with Crippen LogP contribution < -0.4 is 9.62 Å². The fourth-order valence-corrected chi connectivity index (χ4v) is 5.61. The van der Waals surface area contributed by atoms with Gasteiger partial charge in [-0.2, -0.15) is 13.2 Å². The van der Waals surface area contributed by atoms with Gasteiger partial charge in [-0.15, -0.1) is 0 Å². The van der Waals surface area contributed by atoms with Crippen molar-refractivity contribution in [3.8, 4) is 0 Å². The lowest BCUT2D eigenvalue weighted by Gasteiger charge is -2.32. The van der Waals surface area contributed by atoms with Crippen molar-refractivity contribution in [1.82, 2.24) is 10.2 Å². The highest BCUT2D eigenvalue weighted by Gasteiger charge is 2.37. The monoisotopic (exact) mass is 609 g/mol. The summed E-state index contributed by atoms with van der Waals surface area (Å²) < 4.78 is 69.2. The lowest BCUT2D eigenvalue weighted by atomic mass is 10.1. The van der Waals surface area contributed by atoms with Gasteiger partial charge in [0.15, 0.2) is 0 Å². The first-order chi connectivity index (χ1) is 19.3. The zero-order chi connectivity index (χ0) is 30.4. The molecule has 41 heavy (non-hydrogen) atoms. The minimum absolute atomic E-state index is 0.0393. The highest BCUT2D eigenvalue weighted by atomic mass is 35.5. The Morgan fingerprint density at radius 3 is 2.10 bits per heavy atom. The summed E-state index contributed by atoms with van der Waals surface area (Å²) in [6, 6.07) is 17.2. The largest absolute Gasteiger partial charge is 0.417 e. The van der Waals surface area contributed by atoms with Crippen LogP contribution in [0.15, 0.2) is 83.8 Å². The summed E-state index contributed by atoms with van der Waals surface area (Å²) in [6.45, 7) is 4.29. The van der Waals surface area contributed by atoms with E-state index in [4.69, 9.17) is 11.6 Å². The molecule has 7 nitrogen and oxygen atoms in total. The van der Waals surface area contributed by atoms with Crippen LogP contribution in [0.5, 0.6) is 0 Å². The van der Waals surface area contributed by atoms with Crippen LogP contribution in [0.25, 0.3) is 0 Å². The Hall–Kier alpha value is -3.57. The Morgan fingerprint density at radius 2 is 1.54 bits per heavy atom. The number of nitrogens with zero attached hydrogens (tertiary/aromatic N) is 2. The van der Waals surface area contributed by atoms with Crippen LogP contribution in [0.4, 0.5) is 18.9 Å². The van der Waals surface area contributed by atoms with Crippen LogP contribution in [0.3, 0.4) is 0 Å². The van der Waals surface area contributed by atoms with Crippen LogP contribution in [0.2, 0.25) is 5.02 Å². The van der Waals surface area contributed by atoms with E-state index in [9.17, 15) is 31.2 Å². The Bertz CT molecular complexity index is 1460. The highest BCUT2D eigenvalue weighted by Crippen LogP contribution is 2.38. The van der Waals surface area contributed by atoms with Crippen molar-refractivity contribution in [2.24, 2.45) is 0 Å². The van der Waals surface area contributed by atoms with E-state index < -0.39 is 56.9 Å². The van der Waals surface area contributed by atoms with Gasteiger partial charge < -0.3 is 10.2 Å². The van der Waals surface area contributed by atoms with Gasteiger partial charge in [-0.1, -0.05) is 67.1 Å². The molecule has 1 N–H and O–H groups in total. The lowest BCUT2D eigenvalue weighted by molar-refractivity contribution is -0.139. The minimum atomic E-state index is -4.87. The van der Waals surface area contributed by atoms with Gasteiger partial charge in [-0.05, 0) is 56.2 Å². The zero-order valence-electron chi connectivity index (χ0n) is 22.7. The van der Waals surface area contributed by atoms with Crippen molar-refractivity contribution in [2.75, 3.05) is 10.8 Å². The first-order valence-corrected chi connectivity index (χ1v) is 14.7. The SMILES string of the molecule is CC[C@H](C)NC(=O)[C@@H](C)N(Cc1ccccc1)C(=O)CN(c1ccc(Cl)c(C(F)(F)F)c1)S(=O)(=O)c1ccccc1. The molecule has 0 saturated carbocycles. The molecule has 2 atom stereocenters. The number of hydrogen-bond donors (Lipinski definition) is 1. The Kier molecular flexibility index (Phi) is 10.4. The van der Waals surface area contributed by atoms with Gasteiger partial charge in [0.2, 0.25) is 11.8 Å². The van der Waals surface area contributed by atoms with E-state index in [2.05, 4.69) is 5.32 Å². The van der Waals surface area contributed by atoms with E-state index in [1.807, 2.05) is 6.92 Å². The Labute approximate surface area is 243 Å². The molecule has 0 aliphatic carbocycles. The average molecular weight is 610 g/mol. The van der Waals surface area contributed by atoms with Crippen molar-refractivity contribution in [2.45, 2.75) is 56.9 Å². The van der Waals surface area contributed by atoms with Gasteiger partial charge in [0.05, 0.1) is 21.2 Å². The molecule has 0 aliphatic heterocycles. The van der Waals surface area contributed by atoms with Crippen molar-refractivity contribution in [1.29, 1.82) is 0 Å². The van der Waals surface area contributed by atoms with Crippen LogP contribution in [0, 0.1) is 0 Å². The maximum absolute atomic E-state index is 13.9. The first-order valence-electron chi connectivity index (χ1n) is 12.8. The van der Waals surface area contributed by atoms with Gasteiger partial charge >= 0.3 is 6.18 Å². The molecule has 0 aliphatic rings. The smallest absolute Gasteiger partial charge is 0.352 e. The van der Waals surface area contributed by atoms with Gasteiger partial charge in [0, 0.05) is 12.6 Å². The van der Waals surface area contributed by atoms with Crippen molar-refractivity contribution < 1.29 is 31.2 Å². The number of nitrogens with one attached hydrogen (secondary N) is 1. The van der Waals surface area contributed by atoms with Crippen LogP contribution in [0.1, 0.15) is 38.3 Å². The van der Waals surface area contributed by atoms with E-state index in [1.165, 1.54) is 36.1 Å². The predicted molar refractivity (Wildman–Crippen MR) is 152 cm³/mol. The molecular weight excluding hydrogens is 579 g/mol. The van der Waals surface area contributed by atoms with E-state index in [0.717, 1.165) is 12.1 Å². The summed E-state index contributed by atoms with van der Waals surface area (Å²) in [6.07, 6.45) is -4.23. The number of sulfonamides is 1. The molecular formula is C29H31ClF3N3O4S. The van der Waals surface area contributed by atoms with Crippen molar-refractivity contribution in [3.63, 3.8) is 0 Å². The molecule has 0 aromatic heterocycles. The topological polar surface area (TPSA) is 86.8 Å². The number of benzene rings is 3. The second-order valence-electron chi connectivity index (χ2n) is 9.49. The number of carbonyl (C=O) groups excluding carboxylic acids is 2. The maximum Gasteiger partial charge on any atom is 0.417 e. The second-order valence-corrected chi connectivity index (χ2v) is 11.8. The molecule has 220 valence electrons. The summed E-state index contributed by atoms with van der Waals surface area (Å²) in [5, 5.41) is 2.20. The fraction of sp³-hybridized carbons (Fsp3) is 0.310. The predicted octanol–water partition coefficient (Wildman–Crippen LogP) is 5.89. The molecule has 0 fully saturated rings. The second kappa shape index (κ2) is 13.4. The number of rotatable bonds is 11. The molecule has 3 aromatic carbocycles. The minimum Gasteiger partial charge on any atom is -0.352 e. The summed E-state index contributed by atoms with van der Waals surface area (Å²) >= 11 is 5.79. The maximum atomic E-state index is 13.9. The van der Waals surface area contributed by atoms with Gasteiger partial charge in [0.25, 0.3) is 10.0 Å². The van der Waals surface area contributed by atoms with Gasteiger partial charge in [0.1, 0.15) is 12.6 Å². The third-order valence-corrected chi connectivity index (χ3v) is 8.64. The number of hydrogen-bond acceptors (Lipinski definition) is 4. The fourth-order valence-electron chi connectivity index (χ4n) is 3.96. The summed E-state index contributed by atoms with van der Waals surface area (Å²) in [5.74, 6) is -1.24. The van der Waals surface area contributed by atoms with E-state index in [-0.39, 0.29) is 17.5 Å². The van der Waals surface area contributed by atoms with E-state index in [1.54, 1.807) is 43.3 Å². The third-order valence-electron chi connectivity index (χ3n) is 6.52. The zero-order valence-corrected chi connectivity index (χ0v) is 24.3. The standard InChI is InChI=1S/C29H31ClF3N3O4S/c1-4-20(2)34-28(38)21(3)35(18-22-11-7-5-8-12-22)27(37)19-36(41(39,40)24-13-9-6-10-14-24)23-15-16-26(30)25(17-23)29(31,32)33/h5-17,20-21H,4,18-19H2,1-3H3,(H,34,38)/t20-,21+/m0/s1. The lowest BCUT2D eigenvalue weighted by Crippen LogP contribution is -2.52. The number of halogens is 4. The Morgan fingerprint density at radius 1 is 0.951 bits per heavy atom.